The number of carbonyl (C=O) groups is 1. The number of ether oxygens (including phenoxy) is 3. The van der Waals surface area contributed by atoms with Crippen molar-refractivity contribution in [2.75, 3.05) is 7.11 Å². The highest BCUT2D eigenvalue weighted by Crippen LogP contribution is 2.47. The van der Waals surface area contributed by atoms with Crippen molar-refractivity contribution in [3.05, 3.63) is 66.2 Å². The van der Waals surface area contributed by atoms with E-state index in [0.29, 0.717) is 13.0 Å². The molecule has 0 N–H and O–H groups in total. The minimum atomic E-state index is -2.17. The molecule has 0 amide bonds. The van der Waals surface area contributed by atoms with Crippen LogP contribution in [0.3, 0.4) is 0 Å². The van der Waals surface area contributed by atoms with Crippen LogP contribution in [0.1, 0.15) is 39.7 Å². The minimum absolute atomic E-state index is 0.0129. The van der Waals surface area contributed by atoms with Crippen LogP contribution in [-0.2, 0) is 30.0 Å². The summed E-state index contributed by atoms with van der Waals surface area (Å²) in [5.41, 5.74) is 1.09. The summed E-state index contributed by atoms with van der Waals surface area (Å²) in [5.74, 6) is -0.404. The van der Waals surface area contributed by atoms with Gasteiger partial charge >= 0.3 is 5.97 Å². The first-order valence-corrected chi connectivity index (χ1v) is 15.5. The van der Waals surface area contributed by atoms with Crippen LogP contribution < -0.4 is 0 Å². The molecule has 4 atom stereocenters. The topological polar surface area (TPSA) is 54.0 Å². The molecule has 186 valence electrons. The lowest BCUT2D eigenvalue weighted by atomic mass is 9.97. The van der Waals surface area contributed by atoms with Gasteiger partial charge in [0.05, 0.1) is 25.9 Å². The Balaban J connectivity index is 1.94. The fourth-order valence-corrected chi connectivity index (χ4v) is 6.46. The second-order valence-electron chi connectivity index (χ2n) is 10.4. The van der Waals surface area contributed by atoms with Gasteiger partial charge in [-0.2, -0.15) is 0 Å². The number of benzene rings is 2. The largest absolute Gasteiger partial charge is 0.466 e. The number of esters is 1. The van der Waals surface area contributed by atoms with E-state index in [9.17, 15) is 4.79 Å². The Bertz CT molecular complexity index is 931. The van der Waals surface area contributed by atoms with Crippen LogP contribution in [0, 0.1) is 0 Å². The molecule has 0 radical (unpaired) electrons. The molecule has 3 rings (SSSR count). The monoisotopic (exact) mass is 502 g/mol. The van der Waals surface area contributed by atoms with Gasteiger partial charge in [0.2, 0.25) is 4.93 Å². The van der Waals surface area contributed by atoms with Crippen molar-refractivity contribution >= 4 is 26.0 Å². The van der Waals surface area contributed by atoms with Crippen molar-refractivity contribution in [3.8, 4) is 0 Å². The first-order chi connectivity index (χ1) is 16.0. The molecule has 0 aliphatic carbocycles. The SMILES string of the molecule is COC(=O)C1(Sc2ccccc2)C[C@@H](O[Si](C)(C)C(C)(C)C)[C@H](OCc2ccccc2)[C@@H](C)O1. The molecule has 2 aromatic carbocycles. The van der Waals surface area contributed by atoms with Gasteiger partial charge in [-0.05, 0) is 42.8 Å². The van der Waals surface area contributed by atoms with E-state index in [0.717, 1.165) is 10.5 Å². The van der Waals surface area contributed by atoms with E-state index in [1.807, 2.05) is 67.6 Å². The number of rotatable bonds is 8. The fourth-order valence-electron chi connectivity index (χ4n) is 3.85. The summed E-state index contributed by atoms with van der Waals surface area (Å²) in [6.45, 7) is 13.5. The van der Waals surface area contributed by atoms with Crippen LogP contribution in [0.25, 0.3) is 0 Å². The van der Waals surface area contributed by atoms with Gasteiger partial charge < -0.3 is 18.6 Å². The molecule has 1 saturated heterocycles. The zero-order chi connectivity index (χ0) is 25.0. The fraction of sp³-hybridized carbons (Fsp3) is 0.519. The van der Waals surface area contributed by atoms with E-state index in [1.165, 1.54) is 18.9 Å². The molecule has 0 bridgehead atoms. The van der Waals surface area contributed by atoms with Gasteiger partial charge in [-0.25, -0.2) is 4.79 Å². The van der Waals surface area contributed by atoms with Gasteiger partial charge in [0.15, 0.2) is 8.32 Å². The normalized spacial score (nSPS) is 25.7. The number of hydrogen-bond donors (Lipinski definition) is 0. The number of thioether (sulfide) groups is 1. The van der Waals surface area contributed by atoms with Crippen molar-refractivity contribution in [2.24, 2.45) is 0 Å². The Kier molecular flexibility index (Phi) is 8.69. The van der Waals surface area contributed by atoms with Crippen molar-refractivity contribution in [1.29, 1.82) is 0 Å². The molecule has 2 aromatic rings. The number of hydrogen-bond acceptors (Lipinski definition) is 6. The first-order valence-electron chi connectivity index (χ1n) is 11.8. The molecule has 1 heterocycles. The molecule has 1 aliphatic heterocycles. The first kappa shape index (κ1) is 27.0. The lowest BCUT2D eigenvalue weighted by molar-refractivity contribution is -0.207. The van der Waals surface area contributed by atoms with E-state index in [4.69, 9.17) is 18.6 Å². The lowest BCUT2D eigenvalue weighted by Gasteiger charge is -2.49. The van der Waals surface area contributed by atoms with E-state index in [1.54, 1.807) is 0 Å². The summed E-state index contributed by atoms with van der Waals surface area (Å²) in [6, 6.07) is 19.9. The highest BCUT2D eigenvalue weighted by Gasteiger charge is 2.55. The molecule has 5 nitrogen and oxygen atoms in total. The van der Waals surface area contributed by atoms with Crippen LogP contribution in [0.5, 0.6) is 0 Å². The molecule has 1 unspecified atom stereocenters. The summed E-state index contributed by atoms with van der Waals surface area (Å²) in [6.07, 6.45) is -0.662. The maximum atomic E-state index is 13.2. The second kappa shape index (κ2) is 11.0. The third-order valence-electron chi connectivity index (χ3n) is 6.74. The maximum Gasteiger partial charge on any atom is 0.349 e. The minimum Gasteiger partial charge on any atom is -0.466 e. The lowest BCUT2D eigenvalue weighted by Crippen LogP contribution is -2.60. The number of methoxy groups -OCH3 is 1. The molecular formula is C27H38O5SSi. The third-order valence-corrected chi connectivity index (χ3v) is 12.5. The summed E-state index contributed by atoms with van der Waals surface area (Å²) in [4.78, 5) is 12.9. The Labute approximate surface area is 209 Å². The molecule has 0 saturated carbocycles. The zero-order valence-electron chi connectivity index (χ0n) is 21.4. The van der Waals surface area contributed by atoms with Gasteiger partial charge in [-0.1, -0.05) is 81.1 Å². The van der Waals surface area contributed by atoms with Crippen molar-refractivity contribution in [3.63, 3.8) is 0 Å². The smallest absolute Gasteiger partial charge is 0.349 e. The Morgan fingerprint density at radius 1 is 1.09 bits per heavy atom. The molecule has 0 spiro atoms. The quantitative estimate of drug-likeness (QED) is 0.306. The molecule has 1 fully saturated rings. The molecular weight excluding hydrogens is 464 g/mol. The molecule has 0 aromatic heterocycles. The Hall–Kier alpha value is -1.64. The highest BCUT2D eigenvalue weighted by molar-refractivity contribution is 8.01. The van der Waals surface area contributed by atoms with Gasteiger partial charge in [0.25, 0.3) is 0 Å². The van der Waals surface area contributed by atoms with E-state index in [2.05, 4.69) is 33.9 Å². The Morgan fingerprint density at radius 3 is 2.24 bits per heavy atom. The van der Waals surface area contributed by atoms with Crippen LogP contribution in [0.4, 0.5) is 0 Å². The van der Waals surface area contributed by atoms with Crippen LogP contribution in [-0.4, -0.2) is 44.6 Å². The van der Waals surface area contributed by atoms with E-state index >= 15 is 0 Å². The maximum absolute atomic E-state index is 13.2. The van der Waals surface area contributed by atoms with E-state index in [-0.39, 0.29) is 23.4 Å². The average molecular weight is 503 g/mol. The van der Waals surface area contributed by atoms with Gasteiger partial charge in [0.1, 0.15) is 6.10 Å². The van der Waals surface area contributed by atoms with Gasteiger partial charge in [0, 0.05) is 11.3 Å². The van der Waals surface area contributed by atoms with Crippen LogP contribution in [0.15, 0.2) is 65.6 Å². The standard InChI is InChI=1S/C27H38O5SSi/c1-20-24(30-19-21-14-10-8-11-15-21)23(32-34(6,7)26(2,3)4)18-27(31-20,25(28)29-5)33-22-16-12-9-13-17-22/h8-17,20,23-24H,18-19H2,1-7H3/t20-,23-,24-,27?/m1/s1. The van der Waals surface area contributed by atoms with Crippen LogP contribution >= 0.6 is 11.8 Å². The predicted molar refractivity (Wildman–Crippen MR) is 139 cm³/mol. The van der Waals surface area contributed by atoms with Crippen molar-refractivity contribution in [1.82, 2.24) is 0 Å². The second-order valence-corrected chi connectivity index (χ2v) is 16.5. The summed E-state index contributed by atoms with van der Waals surface area (Å²) < 4.78 is 25.1. The average Bonchev–Trinajstić information content (AvgIpc) is 2.78. The van der Waals surface area contributed by atoms with Crippen molar-refractivity contribution in [2.45, 2.75) is 87.0 Å². The van der Waals surface area contributed by atoms with Crippen LogP contribution in [0.2, 0.25) is 18.1 Å². The van der Waals surface area contributed by atoms with Gasteiger partial charge in [-0.3, -0.25) is 0 Å². The summed E-state index contributed by atoms with van der Waals surface area (Å²) in [7, 11) is -0.760. The Morgan fingerprint density at radius 2 is 1.68 bits per heavy atom. The highest BCUT2D eigenvalue weighted by atomic mass is 32.2. The summed E-state index contributed by atoms with van der Waals surface area (Å²) >= 11 is 1.39. The predicted octanol–water partition coefficient (Wildman–Crippen LogP) is 6.43. The molecule has 1 aliphatic rings. The van der Waals surface area contributed by atoms with Gasteiger partial charge in [-0.15, -0.1) is 0 Å². The third kappa shape index (κ3) is 6.32. The van der Waals surface area contributed by atoms with E-state index < -0.39 is 19.2 Å². The van der Waals surface area contributed by atoms with Crippen molar-refractivity contribution < 1.29 is 23.4 Å². The summed E-state index contributed by atoms with van der Waals surface area (Å²) in [5, 5.41) is 0.0129. The zero-order valence-corrected chi connectivity index (χ0v) is 23.2. The number of carbonyl (C=O) groups excluding carboxylic acids is 1. The molecule has 7 heteroatoms. The molecule has 34 heavy (non-hydrogen) atoms.